The van der Waals surface area contributed by atoms with Crippen molar-refractivity contribution in [3.05, 3.63) is 93.8 Å². The number of carbonyl (C=O) groups is 1. The Morgan fingerprint density at radius 1 is 0.886 bits per heavy atom. The summed E-state index contributed by atoms with van der Waals surface area (Å²) in [6.07, 6.45) is -6.73. The Hall–Kier alpha value is -5.82. The van der Waals surface area contributed by atoms with Crippen molar-refractivity contribution in [1.29, 1.82) is 0 Å². The molecule has 0 radical (unpaired) electrons. The van der Waals surface area contributed by atoms with Crippen molar-refractivity contribution in [2.24, 2.45) is 0 Å². The fraction of sp³-hybridized carbons (Fsp3) is 0.480. The first-order valence-corrected chi connectivity index (χ1v) is 23.4. The molecule has 4 fully saturated rings. The molecule has 9 rings (SSSR count). The van der Waals surface area contributed by atoms with Crippen LogP contribution in [0.1, 0.15) is 75.1 Å². The molecule has 5 aromatic rings. The third-order valence-electron chi connectivity index (χ3n) is 13.6. The number of ether oxygens (including phenoxy) is 4. The lowest BCUT2D eigenvalue weighted by Gasteiger charge is -2.47. The van der Waals surface area contributed by atoms with Gasteiger partial charge >= 0.3 is 18.3 Å². The van der Waals surface area contributed by atoms with Crippen molar-refractivity contribution in [2.75, 3.05) is 56.8 Å². The second-order valence-electron chi connectivity index (χ2n) is 19.7. The molecular weight excluding hydrogens is 947 g/mol. The van der Waals surface area contributed by atoms with Gasteiger partial charge in [0.05, 0.1) is 54.7 Å². The van der Waals surface area contributed by atoms with Crippen LogP contribution in [0.2, 0.25) is 5.02 Å². The zero-order chi connectivity index (χ0) is 50.1. The van der Waals surface area contributed by atoms with E-state index in [-0.39, 0.29) is 55.2 Å². The molecular formula is C50H53ClF7N7O5. The molecule has 2 unspecified atom stereocenters. The maximum Gasteiger partial charge on any atom is 0.418 e. The third-order valence-corrected chi connectivity index (χ3v) is 13.9. The highest BCUT2D eigenvalue weighted by atomic mass is 35.5. The molecule has 12 nitrogen and oxygen atoms in total. The minimum atomic E-state index is -5.07. The number of amides is 1. The number of rotatable bonds is 12. The number of benzene rings is 3. The van der Waals surface area contributed by atoms with Crippen LogP contribution >= 0.6 is 11.6 Å². The van der Waals surface area contributed by atoms with Crippen molar-refractivity contribution in [3.63, 3.8) is 0 Å². The zero-order valence-electron chi connectivity index (χ0n) is 39.5. The van der Waals surface area contributed by atoms with Gasteiger partial charge in [0.15, 0.2) is 5.82 Å². The van der Waals surface area contributed by atoms with Gasteiger partial charge in [-0.3, -0.25) is 4.90 Å². The topological polar surface area (TPSA) is 106 Å². The number of anilines is 2. The van der Waals surface area contributed by atoms with Gasteiger partial charge in [-0.05, 0) is 100 Å². The minimum absolute atomic E-state index is 0.0537. The average molecular weight is 1000 g/mol. The quantitative estimate of drug-likeness (QED) is 0.0881. The predicted octanol–water partition coefficient (Wildman–Crippen LogP) is 11.2. The van der Waals surface area contributed by atoms with Crippen LogP contribution in [-0.4, -0.2) is 107 Å². The number of carbonyl (C=O) groups excluding carboxylic acids is 1. The van der Waals surface area contributed by atoms with Crippen molar-refractivity contribution in [3.8, 4) is 28.8 Å². The van der Waals surface area contributed by atoms with Crippen LogP contribution in [0.25, 0.3) is 22.2 Å². The Bertz CT molecular complexity index is 2730. The first-order valence-electron chi connectivity index (χ1n) is 23.0. The number of methoxy groups -OCH3 is 2. The van der Waals surface area contributed by atoms with E-state index >= 15 is 26.3 Å². The van der Waals surface area contributed by atoms with Gasteiger partial charge in [-0.25, -0.2) is 32.2 Å². The standard InChI is InChI=1S/C50H53ClF7N7O5/c1-29-20-37(62(23-30-8-12-33(67-5)13-9-30)24-31-10-14-34(68-6)15-11-31)59-42(39(29)50(56,57)58)38-36(51)21-35-41(40(38)53)60-44(69-28-47-16-7-19-64(47)25-32(52)22-47)61-43(35)63-26-48(54)17-18-49(55,27-63)65(48)45(66)70-46(2,3)4/h8-15,20-21,32H,7,16-19,22-28H2,1-6H3/t32-,47+,48?,49?/m1/s1. The van der Waals surface area contributed by atoms with Crippen molar-refractivity contribution in [1.82, 2.24) is 24.8 Å². The fourth-order valence-corrected chi connectivity index (χ4v) is 10.8. The lowest BCUT2D eigenvalue weighted by molar-refractivity contribution is -0.137. The van der Waals surface area contributed by atoms with Gasteiger partial charge < -0.3 is 28.7 Å². The second kappa shape index (κ2) is 18.1. The van der Waals surface area contributed by atoms with Crippen LogP contribution in [-0.2, 0) is 24.0 Å². The first-order chi connectivity index (χ1) is 33.0. The van der Waals surface area contributed by atoms with Gasteiger partial charge in [0.2, 0.25) is 11.6 Å². The van der Waals surface area contributed by atoms with E-state index < -0.39 is 106 Å². The van der Waals surface area contributed by atoms with E-state index in [0.717, 1.165) is 23.6 Å². The molecule has 20 heteroatoms. The molecule has 1 amide bonds. The summed E-state index contributed by atoms with van der Waals surface area (Å²) in [7, 11) is 3.05. The fourth-order valence-electron chi connectivity index (χ4n) is 10.5. The third kappa shape index (κ3) is 9.30. The lowest BCUT2D eigenvalue weighted by atomic mass is 9.95. The van der Waals surface area contributed by atoms with Crippen LogP contribution in [0.15, 0.2) is 60.7 Å². The van der Waals surface area contributed by atoms with Gasteiger partial charge in [0.25, 0.3) is 0 Å². The largest absolute Gasteiger partial charge is 0.497 e. The number of alkyl halides is 6. The molecule has 3 aromatic carbocycles. The van der Waals surface area contributed by atoms with E-state index in [4.69, 9.17) is 30.5 Å². The van der Waals surface area contributed by atoms with Crippen LogP contribution < -0.4 is 24.0 Å². The smallest absolute Gasteiger partial charge is 0.418 e. The van der Waals surface area contributed by atoms with Crippen molar-refractivity contribution < 1.29 is 54.5 Å². The molecule has 2 bridgehead atoms. The number of nitrogens with zero attached hydrogens (tertiary/aromatic N) is 7. The zero-order valence-corrected chi connectivity index (χ0v) is 40.3. The number of fused-ring (bicyclic) bond motifs is 4. The summed E-state index contributed by atoms with van der Waals surface area (Å²) in [5.74, 6) is -5.62. The Kier molecular flexibility index (Phi) is 12.7. The molecule has 4 aliphatic rings. The van der Waals surface area contributed by atoms with E-state index in [1.807, 2.05) is 4.90 Å². The van der Waals surface area contributed by atoms with Crippen molar-refractivity contribution in [2.45, 2.75) is 108 Å². The molecule has 4 aliphatic heterocycles. The Balaban J connectivity index is 1.19. The van der Waals surface area contributed by atoms with Gasteiger partial charge in [-0.15, -0.1) is 0 Å². The molecule has 70 heavy (non-hydrogen) atoms. The predicted molar refractivity (Wildman–Crippen MR) is 249 cm³/mol. The Morgan fingerprint density at radius 2 is 1.49 bits per heavy atom. The normalized spacial score (nSPS) is 23.5. The van der Waals surface area contributed by atoms with Crippen LogP contribution in [0, 0.1) is 12.7 Å². The summed E-state index contributed by atoms with van der Waals surface area (Å²) >= 11 is 6.94. The first kappa shape index (κ1) is 49.2. The van der Waals surface area contributed by atoms with Gasteiger partial charge in [-0.2, -0.15) is 23.1 Å². The average Bonchev–Trinajstić information content (AvgIpc) is 3.87. The molecule has 2 aromatic heterocycles. The highest BCUT2D eigenvalue weighted by molar-refractivity contribution is 6.34. The summed E-state index contributed by atoms with van der Waals surface area (Å²) in [6, 6.07) is 16.2. The summed E-state index contributed by atoms with van der Waals surface area (Å²) in [5.41, 5.74) is -4.01. The van der Waals surface area contributed by atoms with E-state index in [2.05, 4.69) is 15.0 Å². The molecule has 4 atom stereocenters. The van der Waals surface area contributed by atoms with Crippen LogP contribution in [0.3, 0.4) is 0 Å². The summed E-state index contributed by atoms with van der Waals surface area (Å²) in [5, 5.41) is -0.737. The van der Waals surface area contributed by atoms with Gasteiger partial charge in [-0.1, -0.05) is 35.9 Å². The number of pyridine rings is 1. The lowest BCUT2D eigenvalue weighted by Crippen LogP contribution is -2.66. The maximum atomic E-state index is 17.9. The number of halogens is 8. The molecule has 0 spiro atoms. The summed E-state index contributed by atoms with van der Waals surface area (Å²) < 4.78 is 135. The van der Waals surface area contributed by atoms with Crippen LogP contribution in [0.5, 0.6) is 17.5 Å². The molecule has 0 aliphatic carbocycles. The van der Waals surface area contributed by atoms with Gasteiger partial charge in [0.1, 0.15) is 47.0 Å². The van der Waals surface area contributed by atoms with Gasteiger partial charge in [0, 0.05) is 44.3 Å². The highest BCUT2D eigenvalue weighted by Gasteiger charge is 2.65. The Morgan fingerprint density at radius 3 is 2.04 bits per heavy atom. The number of aryl methyl sites for hydroxylation is 1. The number of hydrogen-bond acceptors (Lipinski definition) is 11. The van der Waals surface area contributed by atoms with E-state index in [0.29, 0.717) is 29.4 Å². The molecule has 6 heterocycles. The summed E-state index contributed by atoms with van der Waals surface area (Å²) in [6.45, 7) is 5.59. The molecule has 4 saturated heterocycles. The van der Waals surface area contributed by atoms with E-state index in [9.17, 15) is 9.18 Å². The molecule has 0 saturated carbocycles. The number of piperazine rings is 1. The monoisotopic (exact) mass is 999 g/mol. The SMILES string of the molecule is COc1ccc(CN(Cc2ccc(OC)cc2)c2cc(C)c(C(F)(F)F)c(-c3c(Cl)cc4c(N5CC6(F)CCC(F)(C5)N6C(=O)OC(C)(C)C)nc(OC[C@@]56CCCN5C[C@H](F)C6)nc4c3F)n2)cc1. The number of hydrogen-bond donors (Lipinski definition) is 0. The maximum absolute atomic E-state index is 17.9. The second-order valence-corrected chi connectivity index (χ2v) is 20.1. The highest BCUT2D eigenvalue weighted by Crippen LogP contribution is 2.51. The van der Waals surface area contributed by atoms with Crippen molar-refractivity contribution >= 4 is 40.2 Å². The Labute approximate surface area is 405 Å². The number of aromatic nitrogens is 3. The van der Waals surface area contributed by atoms with E-state index in [1.54, 1.807) is 74.2 Å². The van der Waals surface area contributed by atoms with Crippen LogP contribution in [0.4, 0.5) is 47.2 Å². The minimum Gasteiger partial charge on any atom is -0.497 e. The molecule has 0 N–H and O–H groups in total. The summed E-state index contributed by atoms with van der Waals surface area (Å²) in [4.78, 5) is 32.3. The molecule has 374 valence electrons. The van der Waals surface area contributed by atoms with E-state index in [1.165, 1.54) is 32.1 Å².